The van der Waals surface area contributed by atoms with Crippen molar-refractivity contribution in [3.63, 3.8) is 0 Å². The monoisotopic (exact) mass is 255 g/mol. The van der Waals surface area contributed by atoms with Crippen molar-refractivity contribution in [1.29, 1.82) is 0 Å². The Hall–Kier alpha value is -1.10. The molecule has 0 spiro atoms. The molecule has 2 rings (SSSR count). The summed E-state index contributed by atoms with van der Waals surface area (Å²) < 4.78 is 0. The zero-order chi connectivity index (χ0) is 13.3. The smallest absolute Gasteiger partial charge is 0.326 e. The van der Waals surface area contributed by atoms with E-state index < -0.39 is 18.1 Å². The van der Waals surface area contributed by atoms with Gasteiger partial charge in [-0.3, -0.25) is 4.79 Å². The maximum atomic E-state index is 12.6. The van der Waals surface area contributed by atoms with Gasteiger partial charge in [-0.1, -0.05) is 19.8 Å². The zero-order valence-corrected chi connectivity index (χ0v) is 10.8. The van der Waals surface area contributed by atoms with E-state index in [-0.39, 0.29) is 24.3 Å². The van der Waals surface area contributed by atoms with Gasteiger partial charge in [0.15, 0.2) is 0 Å². The maximum absolute atomic E-state index is 12.6. The number of nitrogens with zero attached hydrogens (tertiary/aromatic N) is 1. The van der Waals surface area contributed by atoms with Gasteiger partial charge >= 0.3 is 5.97 Å². The Morgan fingerprint density at radius 2 is 1.94 bits per heavy atom. The lowest BCUT2D eigenvalue weighted by Gasteiger charge is -2.33. The van der Waals surface area contributed by atoms with E-state index in [1.54, 1.807) is 0 Å². The molecule has 2 fully saturated rings. The lowest BCUT2D eigenvalue weighted by molar-refractivity contribution is -0.153. The molecule has 2 atom stereocenters. The van der Waals surface area contributed by atoms with Crippen molar-refractivity contribution in [2.75, 3.05) is 6.54 Å². The Kier molecular flexibility index (Phi) is 3.61. The summed E-state index contributed by atoms with van der Waals surface area (Å²) in [5.74, 6) is -1.07. The Morgan fingerprint density at radius 3 is 2.44 bits per heavy atom. The van der Waals surface area contributed by atoms with Crippen LogP contribution in [0.15, 0.2) is 0 Å². The molecule has 0 aromatic rings. The van der Waals surface area contributed by atoms with Crippen molar-refractivity contribution in [1.82, 2.24) is 4.90 Å². The van der Waals surface area contributed by atoms with E-state index in [1.807, 2.05) is 6.92 Å². The van der Waals surface area contributed by atoms with Crippen molar-refractivity contribution < 1.29 is 19.8 Å². The van der Waals surface area contributed by atoms with Crippen LogP contribution in [0.1, 0.15) is 45.4 Å². The van der Waals surface area contributed by atoms with Crippen molar-refractivity contribution >= 4 is 11.9 Å². The van der Waals surface area contributed by atoms with Crippen LogP contribution in [-0.4, -0.2) is 45.7 Å². The van der Waals surface area contributed by atoms with Gasteiger partial charge in [0.05, 0.1) is 6.10 Å². The molecular formula is C13H21NO4. The number of likely N-dealkylation sites (tertiary alicyclic amines) is 1. The lowest BCUT2D eigenvalue weighted by Crippen LogP contribution is -2.47. The molecule has 0 radical (unpaired) electrons. The van der Waals surface area contributed by atoms with Crippen molar-refractivity contribution in [3.05, 3.63) is 0 Å². The Balaban J connectivity index is 2.19. The zero-order valence-electron chi connectivity index (χ0n) is 10.8. The molecule has 1 heterocycles. The van der Waals surface area contributed by atoms with Gasteiger partial charge in [-0.2, -0.15) is 0 Å². The predicted octanol–water partition coefficient (Wildman–Crippen LogP) is 1.00. The van der Waals surface area contributed by atoms with Crippen LogP contribution < -0.4 is 0 Å². The molecule has 102 valence electrons. The molecule has 18 heavy (non-hydrogen) atoms. The number of amides is 1. The number of carbonyl (C=O) groups is 2. The van der Waals surface area contributed by atoms with Gasteiger partial charge in [0.25, 0.3) is 0 Å². The maximum Gasteiger partial charge on any atom is 0.326 e. The van der Waals surface area contributed by atoms with Crippen LogP contribution >= 0.6 is 0 Å². The third-order valence-electron chi connectivity index (χ3n) is 4.52. The average Bonchev–Trinajstić information content (AvgIpc) is 2.95. The molecule has 2 aliphatic rings. The minimum atomic E-state index is -1.01. The first-order valence-electron chi connectivity index (χ1n) is 6.72. The van der Waals surface area contributed by atoms with Gasteiger partial charge in [-0.05, 0) is 19.3 Å². The first-order valence-corrected chi connectivity index (χ1v) is 6.72. The minimum absolute atomic E-state index is 0.0635. The Morgan fingerprint density at radius 1 is 1.33 bits per heavy atom. The fourth-order valence-corrected chi connectivity index (χ4v) is 3.35. The summed E-state index contributed by atoms with van der Waals surface area (Å²) in [5.41, 5.74) is -0.377. The highest BCUT2D eigenvalue weighted by atomic mass is 16.4. The molecule has 1 aliphatic carbocycles. The summed E-state index contributed by atoms with van der Waals surface area (Å²) >= 11 is 0. The molecule has 0 aromatic heterocycles. The van der Waals surface area contributed by atoms with Crippen molar-refractivity contribution in [2.45, 2.75) is 57.6 Å². The molecule has 0 bridgehead atoms. The number of carboxylic acid groups (broad SMARTS) is 1. The van der Waals surface area contributed by atoms with Crippen LogP contribution in [0.2, 0.25) is 0 Å². The normalized spacial score (nSPS) is 30.7. The van der Waals surface area contributed by atoms with E-state index >= 15 is 0 Å². The van der Waals surface area contributed by atoms with Crippen LogP contribution in [-0.2, 0) is 9.59 Å². The van der Waals surface area contributed by atoms with Gasteiger partial charge < -0.3 is 15.1 Å². The highest BCUT2D eigenvalue weighted by molar-refractivity contribution is 5.88. The number of aliphatic hydroxyl groups is 1. The van der Waals surface area contributed by atoms with Crippen LogP contribution in [0, 0.1) is 5.41 Å². The molecule has 1 amide bonds. The first kappa shape index (κ1) is 13.3. The third kappa shape index (κ3) is 2.11. The Labute approximate surface area is 107 Å². The number of carbonyl (C=O) groups excluding carboxylic acids is 1. The number of carboxylic acids is 1. The molecule has 0 aromatic carbocycles. The molecular weight excluding hydrogens is 234 g/mol. The minimum Gasteiger partial charge on any atom is -0.480 e. The first-order chi connectivity index (χ1) is 8.50. The number of β-amino-alcohol motifs (C(OH)–C–C–N with tert-alkyl or cyclic N) is 1. The quantitative estimate of drug-likeness (QED) is 0.788. The average molecular weight is 255 g/mol. The van der Waals surface area contributed by atoms with E-state index in [2.05, 4.69) is 0 Å². The van der Waals surface area contributed by atoms with Crippen LogP contribution in [0.3, 0.4) is 0 Å². The summed E-state index contributed by atoms with van der Waals surface area (Å²) in [6.45, 7) is 2.16. The largest absolute Gasteiger partial charge is 0.480 e. The van der Waals surface area contributed by atoms with Gasteiger partial charge in [-0.15, -0.1) is 0 Å². The topological polar surface area (TPSA) is 77.8 Å². The van der Waals surface area contributed by atoms with E-state index in [0.29, 0.717) is 0 Å². The van der Waals surface area contributed by atoms with Crippen molar-refractivity contribution in [3.8, 4) is 0 Å². The third-order valence-corrected chi connectivity index (χ3v) is 4.52. The summed E-state index contributed by atoms with van der Waals surface area (Å²) in [6, 6.07) is -0.850. The second kappa shape index (κ2) is 4.88. The van der Waals surface area contributed by atoms with Gasteiger partial charge in [0, 0.05) is 18.4 Å². The standard InChI is InChI=1S/C13H21NO4/c1-2-13(5-3-4-6-13)12(18)14-8-9(15)7-10(14)11(16)17/h9-10,15H,2-8H2,1H3,(H,16,17)/t9-,10-/m0/s1. The highest BCUT2D eigenvalue weighted by Gasteiger charge is 2.48. The summed E-state index contributed by atoms with van der Waals surface area (Å²) in [5, 5.41) is 18.8. The van der Waals surface area contributed by atoms with E-state index in [1.165, 1.54) is 4.90 Å². The van der Waals surface area contributed by atoms with E-state index in [9.17, 15) is 14.7 Å². The number of aliphatic carboxylic acids is 1. The number of rotatable bonds is 3. The predicted molar refractivity (Wildman–Crippen MR) is 65.0 cm³/mol. The van der Waals surface area contributed by atoms with Gasteiger partial charge in [-0.25, -0.2) is 4.79 Å². The summed E-state index contributed by atoms with van der Waals surface area (Å²) in [7, 11) is 0. The summed E-state index contributed by atoms with van der Waals surface area (Å²) in [4.78, 5) is 25.2. The van der Waals surface area contributed by atoms with Crippen LogP contribution in [0.25, 0.3) is 0 Å². The molecule has 5 nitrogen and oxygen atoms in total. The molecule has 0 unspecified atom stereocenters. The number of aliphatic hydroxyl groups excluding tert-OH is 1. The van der Waals surface area contributed by atoms with Crippen molar-refractivity contribution in [2.24, 2.45) is 5.41 Å². The highest BCUT2D eigenvalue weighted by Crippen LogP contribution is 2.43. The van der Waals surface area contributed by atoms with E-state index in [4.69, 9.17) is 5.11 Å². The summed E-state index contributed by atoms with van der Waals surface area (Å²) in [6.07, 6.45) is 3.97. The molecule has 5 heteroatoms. The molecule has 1 aliphatic heterocycles. The Bertz CT molecular complexity index is 349. The van der Waals surface area contributed by atoms with Gasteiger partial charge in [0.1, 0.15) is 6.04 Å². The second-order valence-electron chi connectivity index (χ2n) is 5.54. The molecule has 2 N–H and O–H groups in total. The molecule has 1 saturated carbocycles. The lowest BCUT2D eigenvalue weighted by atomic mass is 9.81. The SMILES string of the molecule is CCC1(C(=O)N2C[C@@H](O)C[C@H]2C(=O)O)CCCC1. The van der Waals surface area contributed by atoms with Crippen LogP contribution in [0.4, 0.5) is 0 Å². The van der Waals surface area contributed by atoms with Gasteiger partial charge in [0.2, 0.25) is 5.91 Å². The molecule has 1 saturated heterocycles. The number of hydrogen-bond acceptors (Lipinski definition) is 3. The second-order valence-corrected chi connectivity index (χ2v) is 5.54. The number of hydrogen-bond donors (Lipinski definition) is 2. The fourth-order valence-electron chi connectivity index (χ4n) is 3.35. The van der Waals surface area contributed by atoms with Crippen LogP contribution in [0.5, 0.6) is 0 Å². The van der Waals surface area contributed by atoms with E-state index in [0.717, 1.165) is 32.1 Å². The fraction of sp³-hybridized carbons (Fsp3) is 0.846.